The summed E-state index contributed by atoms with van der Waals surface area (Å²) in [4.78, 5) is 12.1. The van der Waals surface area contributed by atoms with Gasteiger partial charge in [-0.3, -0.25) is 4.79 Å². The molecule has 0 fully saturated rings. The fraction of sp³-hybridized carbons (Fsp3) is 0.316. The first-order valence-electron chi connectivity index (χ1n) is 7.84. The van der Waals surface area contributed by atoms with Crippen LogP contribution in [0.4, 0.5) is 0 Å². The van der Waals surface area contributed by atoms with Crippen molar-refractivity contribution in [3.05, 3.63) is 65.7 Å². The Kier molecular flexibility index (Phi) is 6.63. The molecule has 0 aliphatic heterocycles. The summed E-state index contributed by atoms with van der Waals surface area (Å²) in [6.07, 6.45) is -0.533. The molecule has 2 aromatic carbocycles. The minimum absolute atomic E-state index is 0.132. The van der Waals surface area contributed by atoms with E-state index < -0.39 is 6.10 Å². The largest absolute Gasteiger partial charge is 0.481 e. The quantitative estimate of drug-likeness (QED) is 0.813. The predicted molar refractivity (Wildman–Crippen MR) is 90.2 cm³/mol. The van der Waals surface area contributed by atoms with Crippen molar-refractivity contribution in [3.63, 3.8) is 0 Å². The van der Waals surface area contributed by atoms with Crippen LogP contribution >= 0.6 is 0 Å². The summed E-state index contributed by atoms with van der Waals surface area (Å²) in [5, 5.41) is 2.89. The fourth-order valence-electron chi connectivity index (χ4n) is 2.06. The highest BCUT2D eigenvalue weighted by Crippen LogP contribution is 2.11. The van der Waals surface area contributed by atoms with Crippen molar-refractivity contribution in [2.75, 3.05) is 6.61 Å². The molecule has 0 saturated heterocycles. The lowest BCUT2D eigenvalue weighted by atomic mass is 10.1. The molecule has 0 aliphatic rings. The standard InChI is InChI=1S/C19H23NO3/c1-3-22-14-17-11-9-16(10-12-17)13-20-19(21)15(2)23-18-7-5-4-6-8-18/h4-12,15H,3,13-14H2,1-2H3,(H,20,21). The maximum Gasteiger partial charge on any atom is 0.261 e. The summed E-state index contributed by atoms with van der Waals surface area (Å²) in [6, 6.07) is 17.4. The SMILES string of the molecule is CCOCc1ccc(CNC(=O)C(C)Oc2ccccc2)cc1. The Labute approximate surface area is 137 Å². The number of para-hydroxylation sites is 1. The molecule has 0 spiro atoms. The Morgan fingerprint density at radius 1 is 1.04 bits per heavy atom. The first kappa shape index (κ1) is 17.0. The van der Waals surface area contributed by atoms with Crippen LogP contribution in [-0.2, 0) is 22.7 Å². The average Bonchev–Trinajstić information content (AvgIpc) is 2.59. The molecule has 4 heteroatoms. The molecule has 2 rings (SSSR count). The molecule has 1 N–H and O–H groups in total. The molecule has 0 radical (unpaired) electrons. The minimum atomic E-state index is -0.533. The summed E-state index contributed by atoms with van der Waals surface area (Å²) in [5.41, 5.74) is 2.17. The van der Waals surface area contributed by atoms with E-state index in [0.29, 0.717) is 25.5 Å². The second-order valence-corrected chi connectivity index (χ2v) is 5.24. The maximum atomic E-state index is 12.1. The second-order valence-electron chi connectivity index (χ2n) is 5.24. The lowest BCUT2D eigenvalue weighted by molar-refractivity contribution is -0.127. The van der Waals surface area contributed by atoms with Crippen LogP contribution in [0, 0.1) is 0 Å². The van der Waals surface area contributed by atoms with Crippen molar-refractivity contribution in [2.45, 2.75) is 33.1 Å². The fourth-order valence-corrected chi connectivity index (χ4v) is 2.06. The van der Waals surface area contributed by atoms with Crippen molar-refractivity contribution in [3.8, 4) is 5.75 Å². The molecule has 23 heavy (non-hydrogen) atoms. The zero-order valence-corrected chi connectivity index (χ0v) is 13.6. The first-order valence-corrected chi connectivity index (χ1v) is 7.84. The molecule has 0 saturated carbocycles. The van der Waals surface area contributed by atoms with E-state index in [4.69, 9.17) is 9.47 Å². The summed E-state index contributed by atoms with van der Waals surface area (Å²) in [6.45, 7) is 5.52. The number of hydrogen-bond acceptors (Lipinski definition) is 3. The lowest BCUT2D eigenvalue weighted by Crippen LogP contribution is -2.35. The number of hydrogen-bond donors (Lipinski definition) is 1. The molecule has 2 aromatic rings. The number of nitrogens with one attached hydrogen (secondary N) is 1. The molecular formula is C19H23NO3. The van der Waals surface area contributed by atoms with Crippen LogP contribution in [0.2, 0.25) is 0 Å². The van der Waals surface area contributed by atoms with Gasteiger partial charge in [0.05, 0.1) is 6.61 Å². The second kappa shape index (κ2) is 8.96. The van der Waals surface area contributed by atoms with Crippen molar-refractivity contribution in [1.29, 1.82) is 0 Å². The van der Waals surface area contributed by atoms with Gasteiger partial charge in [0.1, 0.15) is 5.75 Å². The molecule has 0 heterocycles. The van der Waals surface area contributed by atoms with Gasteiger partial charge in [-0.25, -0.2) is 0 Å². The van der Waals surface area contributed by atoms with Crippen LogP contribution in [-0.4, -0.2) is 18.6 Å². The first-order chi connectivity index (χ1) is 11.2. The zero-order valence-electron chi connectivity index (χ0n) is 13.6. The van der Waals surface area contributed by atoms with Crippen LogP contribution in [0.3, 0.4) is 0 Å². The van der Waals surface area contributed by atoms with Crippen LogP contribution in [0.5, 0.6) is 5.75 Å². The smallest absolute Gasteiger partial charge is 0.261 e. The van der Waals surface area contributed by atoms with Crippen LogP contribution in [0.15, 0.2) is 54.6 Å². The van der Waals surface area contributed by atoms with Crippen molar-refractivity contribution in [2.24, 2.45) is 0 Å². The van der Waals surface area contributed by atoms with Gasteiger partial charge in [-0.1, -0.05) is 42.5 Å². The third-order valence-corrected chi connectivity index (χ3v) is 3.39. The highest BCUT2D eigenvalue weighted by molar-refractivity contribution is 5.80. The highest BCUT2D eigenvalue weighted by Gasteiger charge is 2.13. The predicted octanol–water partition coefficient (Wildman–Crippen LogP) is 3.31. The normalized spacial score (nSPS) is 11.7. The van der Waals surface area contributed by atoms with Gasteiger partial charge < -0.3 is 14.8 Å². The number of benzene rings is 2. The van der Waals surface area contributed by atoms with Gasteiger partial charge in [0.2, 0.25) is 0 Å². The third-order valence-electron chi connectivity index (χ3n) is 3.39. The van der Waals surface area contributed by atoms with Crippen LogP contribution < -0.4 is 10.1 Å². The molecule has 1 amide bonds. The molecule has 1 atom stereocenters. The van der Waals surface area contributed by atoms with E-state index in [9.17, 15) is 4.79 Å². The summed E-state index contributed by atoms with van der Waals surface area (Å²) < 4.78 is 11.0. The van der Waals surface area contributed by atoms with E-state index in [1.165, 1.54) is 0 Å². The summed E-state index contributed by atoms with van der Waals surface area (Å²) >= 11 is 0. The molecular weight excluding hydrogens is 290 g/mol. The molecule has 0 aromatic heterocycles. The number of ether oxygens (including phenoxy) is 2. The Morgan fingerprint density at radius 2 is 1.70 bits per heavy atom. The molecule has 4 nitrogen and oxygen atoms in total. The van der Waals surface area contributed by atoms with E-state index in [0.717, 1.165) is 11.1 Å². The van der Waals surface area contributed by atoms with Gasteiger partial charge in [-0.15, -0.1) is 0 Å². The Balaban J connectivity index is 1.79. The van der Waals surface area contributed by atoms with Gasteiger partial charge in [-0.2, -0.15) is 0 Å². The molecule has 1 unspecified atom stereocenters. The summed E-state index contributed by atoms with van der Waals surface area (Å²) in [7, 11) is 0. The maximum absolute atomic E-state index is 12.1. The number of amides is 1. The van der Waals surface area contributed by atoms with Crippen molar-refractivity contribution in [1.82, 2.24) is 5.32 Å². The van der Waals surface area contributed by atoms with Gasteiger partial charge >= 0.3 is 0 Å². The Morgan fingerprint density at radius 3 is 2.35 bits per heavy atom. The average molecular weight is 313 g/mol. The van der Waals surface area contributed by atoms with Crippen molar-refractivity contribution < 1.29 is 14.3 Å². The molecule has 0 aliphatic carbocycles. The number of carbonyl (C=O) groups is 1. The van der Waals surface area contributed by atoms with Gasteiger partial charge in [0.15, 0.2) is 6.10 Å². The van der Waals surface area contributed by atoms with E-state index in [1.54, 1.807) is 6.92 Å². The van der Waals surface area contributed by atoms with Gasteiger partial charge in [0.25, 0.3) is 5.91 Å². The Bertz CT molecular complexity index is 596. The zero-order chi connectivity index (χ0) is 16.5. The van der Waals surface area contributed by atoms with E-state index in [-0.39, 0.29) is 5.91 Å². The minimum Gasteiger partial charge on any atom is -0.481 e. The van der Waals surface area contributed by atoms with E-state index in [2.05, 4.69) is 5.32 Å². The molecule has 122 valence electrons. The van der Waals surface area contributed by atoms with E-state index >= 15 is 0 Å². The third kappa shape index (κ3) is 5.75. The Hall–Kier alpha value is -2.33. The van der Waals surface area contributed by atoms with Crippen molar-refractivity contribution >= 4 is 5.91 Å². The van der Waals surface area contributed by atoms with Gasteiger partial charge in [0, 0.05) is 13.2 Å². The summed E-state index contributed by atoms with van der Waals surface area (Å²) in [5.74, 6) is 0.558. The number of rotatable bonds is 8. The van der Waals surface area contributed by atoms with E-state index in [1.807, 2.05) is 61.5 Å². The van der Waals surface area contributed by atoms with Gasteiger partial charge in [-0.05, 0) is 37.1 Å². The van der Waals surface area contributed by atoms with Crippen LogP contribution in [0.1, 0.15) is 25.0 Å². The highest BCUT2D eigenvalue weighted by atomic mass is 16.5. The topological polar surface area (TPSA) is 47.6 Å². The monoisotopic (exact) mass is 313 g/mol. The lowest BCUT2D eigenvalue weighted by Gasteiger charge is -2.14. The van der Waals surface area contributed by atoms with Crippen LogP contribution in [0.25, 0.3) is 0 Å². The molecule has 0 bridgehead atoms. The number of carbonyl (C=O) groups excluding carboxylic acids is 1.